The summed E-state index contributed by atoms with van der Waals surface area (Å²) < 4.78 is 4.50. The molecule has 7 rings (SSSR count). The summed E-state index contributed by atoms with van der Waals surface area (Å²) >= 11 is 0. The van der Waals surface area contributed by atoms with E-state index in [1.165, 1.54) is 55.4 Å². The highest BCUT2D eigenvalue weighted by Gasteiger charge is 2.08. The third-order valence-corrected chi connectivity index (χ3v) is 7.02. The van der Waals surface area contributed by atoms with Crippen LogP contribution in [0.5, 0.6) is 0 Å². The van der Waals surface area contributed by atoms with Crippen molar-refractivity contribution in [1.29, 1.82) is 0 Å². The van der Waals surface area contributed by atoms with Crippen LogP contribution in [0.1, 0.15) is 0 Å². The molecule has 0 unspecified atom stereocenters. The SMILES string of the molecule is I.c1ccc(-c2ccc(-n3ccc4cc(-c5ccc(-n6ccc7ccccc76)cc5)ccc43)cc2)cc1. The molecule has 0 aliphatic heterocycles. The summed E-state index contributed by atoms with van der Waals surface area (Å²) in [6.07, 6.45) is 4.30. The second-order valence-corrected chi connectivity index (χ2v) is 9.16. The Labute approximate surface area is 233 Å². The number of fused-ring (bicyclic) bond motifs is 2. The summed E-state index contributed by atoms with van der Waals surface area (Å²) in [6, 6.07) is 47.7. The molecule has 2 aromatic heterocycles. The van der Waals surface area contributed by atoms with E-state index in [9.17, 15) is 0 Å². The molecule has 0 spiro atoms. The Morgan fingerprint density at radius 2 is 0.838 bits per heavy atom. The maximum absolute atomic E-state index is 2.28. The zero-order chi connectivity index (χ0) is 23.9. The number of hydrogen-bond donors (Lipinski definition) is 0. The number of nitrogens with zero attached hydrogens (tertiary/aromatic N) is 2. The quantitative estimate of drug-likeness (QED) is 0.181. The summed E-state index contributed by atoms with van der Waals surface area (Å²) in [7, 11) is 0. The maximum atomic E-state index is 2.28. The van der Waals surface area contributed by atoms with Crippen LogP contribution >= 0.6 is 24.0 Å². The molecule has 0 saturated heterocycles. The van der Waals surface area contributed by atoms with Gasteiger partial charge >= 0.3 is 0 Å². The first-order valence-corrected chi connectivity index (χ1v) is 12.3. The van der Waals surface area contributed by atoms with Gasteiger partial charge in [0.2, 0.25) is 0 Å². The molecule has 0 saturated carbocycles. The van der Waals surface area contributed by atoms with E-state index >= 15 is 0 Å². The van der Waals surface area contributed by atoms with Crippen molar-refractivity contribution in [3.63, 3.8) is 0 Å². The molecule has 0 aliphatic carbocycles. The van der Waals surface area contributed by atoms with Gasteiger partial charge in [0.05, 0.1) is 11.0 Å². The minimum absolute atomic E-state index is 0. The molecule has 0 amide bonds. The Morgan fingerprint density at radius 3 is 1.51 bits per heavy atom. The number of rotatable bonds is 4. The van der Waals surface area contributed by atoms with Crippen LogP contribution in [0.4, 0.5) is 0 Å². The minimum Gasteiger partial charge on any atom is -0.317 e. The summed E-state index contributed by atoms with van der Waals surface area (Å²) in [6.45, 7) is 0. The average molecular weight is 588 g/mol. The first-order chi connectivity index (χ1) is 17.8. The average Bonchev–Trinajstić information content (AvgIpc) is 3.58. The molecule has 0 atom stereocenters. The van der Waals surface area contributed by atoms with Gasteiger partial charge in [0, 0.05) is 29.2 Å². The van der Waals surface area contributed by atoms with Gasteiger partial charge in [-0.2, -0.15) is 0 Å². The molecule has 0 radical (unpaired) electrons. The third-order valence-electron chi connectivity index (χ3n) is 7.02. The van der Waals surface area contributed by atoms with Gasteiger partial charge in [-0.1, -0.05) is 78.9 Å². The van der Waals surface area contributed by atoms with Crippen molar-refractivity contribution in [2.45, 2.75) is 0 Å². The number of para-hydroxylation sites is 1. The topological polar surface area (TPSA) is 9.86 Å². The molecule has 7 aromatic rings. The van der Waals surface area contributed by atoms with E-state index in [-0.39, 0.29) is 24.0 Å². The Balaban J connectivity index is 0.00000252. The Kier molecular flexibility index (Phi) is 6.15. The van der Waals surface area contributed by atoms with E-state index in [0.717, 1.165) is 0 Å². The van der Waals surface area contributed by atoms with E-state index in [0.29, 0.717) is 0 Å². The van der Waals surface area contributed by atoms with Crippen molar-refractivity contribution in [3.8, 4) is 33.6 Å². The van der Waals surface area contributed by atoms with Gasteiger partial charge in [0.15, 0.2) is 0 Å². The molecule has 3 heteroatoms. The molecule has 37 heavy (non-hydrogen) atoms. The Bertz CT molecular complexity index is 1810. The summed E-state index contributed by atoms with van der Waals surface area (Å²) in [4.78, 5) is 0. The highest BCUT2D eigenvalue weighted by atomic mass is 127. The molecule has 0 N–H and O–H groups in total. The summed E-state index contributed by atoms with van der Waals surface area (Å²) in [5, 5.41) is 2.49. The molecule has 0 fully saturated rings. The minimum atomic E-state index is 0. The first-order valence-electron chi connectivity index (χ1n) is 12.3. The van der Waals surface area contributed by atoms with Crippen molar-refractivity contribution < 1.29 is 0 Å². The summed E-state index contributed by atoms with van der Waals surface area (Å²) in [5.74, 6) is 0. The maximum Gasteiger partial charge on any atom is 0.0528 e. The highest BCUT2D eigenvalue weighted by molar-refractivity contribution is 14.0. The van der Waals surface area contributed by atoms with Crippen molar-refractivity contribution in [1.82, 2.24) is 9.13 Å². The van der Waals surface area contributed by atoms with E-state index in [1.807, 2.05) is 0 Å². The second-order valence-electron chi connectivity index (χ2n) is 9.16. The standard InChI is InChI=1S/C34H24N2.HI/c1-2-6-25(7-3-1)26-10-15-32(16-11-26)36-23-21-30-24-29(14-19-34(30)36)27-12-17-31(18-13-27)35-22-20-28-8-4-5-9-33(28)35;/h1-24H;1H. The number of halogens is 1. The fourth-order valence-corrected chi connectivity index (χ4v) is 5.11. The fourth-order valence-electron chi connectivity index (χ4n) is 5.11. The Morgan fingerprint density at radius 1 is 0.351 bits per heavy atom. The van der Waals surface area contributed by atoms with Gasteiger partial charge in [0.1, 0.15) is 0 Å². The van der Waals surface area contributed by atoms with Crippen LogP contribution in [0.2, 0.25) is 0 Å². The molecule has 2 heterocycles. The lowest BCUT2D eigenvalue weighted by atomic mass is 10.0. The van der Waals surface area contributed by atoms with Crippen molar-refractivity contribution in [2.75, 3.05) is 0 Å². The van der Waals surface area contributed by atoms with Crippen LogP contribution in [0, 0.1) is 0 Å². The van der Waals surface area contributed by atoms with E-state index < -0.39 is 0 Å². The van der Waals surface area contributed by atoms with E-state index in [1.54, 1.807) is 0 Å². The van der Waals surface area contributed by atoms with Crippen LogP contribution in [-0.4, -0.2) is 9.13 Å². The lowest BCUT2D eigenvalue weighted by Gasteiger charge is -2.09. The first kappa shape index (κ1) is 23.3. The molecular formula is C34H25IN2. The Hall–Kier alpha value is -4.09. The highest BCUT2D eigenvalue weighted by Crippen LogP contribution is 2.29. The second kappa shape index (κ2) is 9.75. The van der Waals surface area contributed by atoms with Gasteiger partial charge in [-0.3, -0.25) is 0 Å². The molecule has 2 nitrogen and oxygen atoms in total. The van der Waals surface area contributed by atoms with Crippen molar-refractivity contribution in [2.24, 2.45) is 0 Å². The predicted octanol–water partition coefficient (Wildman–Crippen LogP) is 9.53. The zero-order valence-corrected chi connectivity index (χ0v) is 22.5. The normalized spacial score (nSPS) is 11.0. The number of hydrogen-bond acceptors (Lipinski definition) is 0. The van der Waals surface area contributed by atoms with Crippen LogP contribution < -0.4 is 0 Å². The number of benzene rings is 5. The van der Waals surface area contributed by atoms with Gasteiger partial charge in [-0.25, -0.2) is 0 Å². The van der Waals surface area contributed by atoms with Crippen LogP contribution in [0.25, 0.3) is 55.4 Å². The van der Waals surface area contributed by atoms with Crippen molar-refractivity contribution in [3.05, 3.63) is 146 Å². The number of aromatic nitrogens is 2. The molecular weight excluding hydrogens is 563 g/mol. The largest absolute Gasteiger partial charge is 0.317 e. The van der Waals surface area contributed by atoms with E-state index in [4.69, 9.17) is 0 Å². The lowest BCUT2D eigenvalue weighted by Crippen LogP contribution is -1.92. The smallest absolute Gasteiger partial charge is 0.0528 e. The monoisotopic (exact) mass is 588 g/mol. The van der Waals surface area contributed by atoms with Crippen molar-refractivity contribution >= 4 is 45.8 Å². The summed E-state index contributed by atoms with van der Waals surface area (Å²) in [5.41, 5.74) is 9.69. The molecule has 0 aliphatic rings. The lowest BCUT2D eigenvalue weighted by molar-refractivity contribution is 1.13. The van der Waals surface area contributed by atoms with Crippen LogP contribution in [0.15, 0.2) is 146 Å². The zero-order valence-electron chi connectivity index (χ0n) is 20.2. The fraction of sp³-hybridized carbons (Fsp3) is 0. The van der Waals surface area contributed by atoms with Crippen LogP contribution in [0.3, 0.4) is 0 Å². The van der Waals surface area contributed by atoms with Crippen LogP contribution in [-0.2, 0) is 0 Å². The third kappa shape index (κ3) is 4.25. The molecule has 178 valence electrons. The van der Waals surface area contributed by atoms with Gasteiger partial charge < -0.3 is 9.13 Å². The van der Waals surface area contributed by atoms with E-state index in [2.05, 4.69) is 155 Å². The molecule has 0 bridgehead atoms. The predicted molar refractivity (Wildman–Crippen MR) is 166 cm³/mol. The van der Waals surface area contributed by atoms with Gasteiger partial charge in [0.25, 0.3) is 0 Å². The molecule has 5 aromatic carbocycles. The van der Waals surface area contributed by atoms with Gasteiger partial charge in [-0.15, -0.1) is 24.0 Å². The van der Waals surface area contributed by atoms with Gasteiger partial charge in [-0.05, 0) is 82.2 Å².